The van der Waals surface area contributed by atoms with Gasteiger partial charge < -0.3 is 9.47 Å². The van der Waals surface area contributed by atoms with E-state index in [0.29, 0.717) is 11.6 Å². The molecule has 8 heteroatoms. The van der Waals surface area contributed by atoms with Gasteiger partial charge in [-0.2, -0.15) is 4.68 Å². The molecule has 0 aliphatic rings. The molecule has 1 aromatic heterocycles. The van der Waals surface area contributed by atoms with Crippen LogP contribution in [0.4, 0.5) is 0 Å². The van der Waals surface area contributed by atoms with Gasteiger partial charge in [-0.25, -0.2) is 0 Å². The van der Waals surface area contributed by atoms with Crippen LogP contribution in [0.1, 0.15) is 6.42 Å². The molecule has 0 radical (unpaired) electrons. The van der Waals surface area contributed by atoms with E-state index in [4.69, 9.17) is 21.1 Å². The van der Waals surface area contributed by atoms with Crippen LogP contribution in [0.15, 0.2) is 53.7 Å². The largest absolute Gasteiger partial charge is 0.497 e. The van der Waals surface area contributed by atoms with Crippen molar-refractivity contribution in [3.05, 3.63) is 53.6 Å². The van der Waals surface area contributed by atoms with E-state index in [1.807, 2.05) is 48.5 Å². The average molecular weight is 377 g/mol. The molecule has 25 heavy (non-hydrogen) atoms. The predicted octanol–water partition coefficient (Wildman–Crippen LogP) is 3.89. The summed E-state index contributed by atoms with van der Waals surface area (Å²) >= 11 is 7.60. The normalized spacial score (nSPS) is 10.6. The number of rotatable bonds is 8. The van der Waals surface area contributed by atoms with Crippen molar-refractivity contribution in [1.82, 2.24) is 20.2 Å². The molecule has 130 valence electrons. The van der Waals surface area contributed by atoms with E-state index >= 15 is 0 Å². The second-order valence-corrected chi connectivity index (χ2v) is 6.58. The molecule has 0 spiro atoms. The van der Waals surface area contributed by atoms with Crippen LogP contribution in [0.5, 0.6) is 11.5 Å². The van der Waals surface area contributed by atoms with Gasteiger partial charge in [-0.1, -0.05) is 29.4 Å². The number of hydrogen-bond acceptors (Lipinski definition) is 6. The first kappa shape index (κ1) is 17.6. The summed E-state index contributed by atoms with van der Waals surface area (Å²) in [5, 5.41) is 13.2. The third-order valence-corrected chi connectivity index (χ3v) is 4.58. The highest BCUT2D eigenvalue weighted by molar-refractivity contribution is 7.99. The molecule has 0 fully saturated rings. The zero-order chi connectivity index (χ0) is 17.5. The van der Waals surface area contributed by atoms with Crippen LogP contribution in [-0.2, 0) is 0 Å². The zero-order valence-electron chi connectivity index (χ0n) is 13.6. The molecule has 0 N–H and O–H groups in total. The van der Waals surface area contributed by atoms with E-state index in [1.165, 1.54) is 0 Å². The molecular formula is C17H17ClN4O2S. The van der Waals surface area contributed by atoms with E-state index in [9.17, 15) is 0 Å². The molecule has 0 aliphatic heterocycles. The van der Waals surface area contributed by atoms with Crippen LogP contribution in [0.25, 0.3) is 5.69 Å². The topological polar surface area (TPSA) is 62.1 Å². The zero-order valence-corrected chi connectivity index (χ0v) is 15.2. The Morgan fingerprint density at radius 1 is 1.12 bits per heavy atom. The van der Waals surface area contributed by atoms with Crippen LogP contribution >= 0.6 is 23.4 Å². The van der Waals surface area contributed by atoms with E-state index < -0.39 is 0 Å². The molecule has 0 amide bonds. The van der Waals surface area contributed by atoms with Gasteiger partial charge in [0.1, 0.15) is 11.5 Å². The number of thioether (sulfide) groups is 1. The van der Waals surface area contributed by atoms with Gasteiger partial charge in [-0.05, 0) is 59.3 Å². The van der Waals surface area contributed by atoms with E-state index in [1.54, 1.807) is 23.6 Å². The minimum absolute atomic E-state index is 0.623. The van der Waals surface area contributed by atoms with Crippen LogP contribution in [0, 0.1) is 0 Å². The monoisotopic (exact) mass is 376 g/mol. The van der Waals surface area contributed by atoms with Crippen LogP contribution in [0.3, 0.4) is 0 Å². The maximum Gasteiger partial charge on any atom is 0.214 e. The summed E-state index contributed by atoms with van der Waals surface area (Å²) in [6, 6.07) is 15.0. The number of tetrazole rings is 1. The Morgan fingerprint density at radius 3 is 2.68 bits per heavy atom. The summed E-state index contributed by atoms with van der Waals surface area (Å²) in [7, 11) is 1.64. The standard InChI is InChI=1S/C17H17ClN4O2S/c1-23-15-6-8-16(9-7-15)24-10-3-11-25-17-19-20-21-22(17)14-5-2-4-13(18)12-14/h2,4-9,12H,3,10-11H2,1H3. The molecule has 3 aromatic rings. The maximum atomic E-state index is 6.02. The minimum atomic E-state index is 0.623. The minimum Gasteiger partial charge on any atom is -0.497 e. The highest BCUT2D eigenvalue weighted by Gasteiger charge is 2.09. The summed E-state index contributed by atoms with van der Waals surface area (Å²) in [6.45, 7) is 0.623. The number of nitrogens with zero attached hydrogens (tertiary/aromatic N) is 4. The van der Waals surface area contributed by atoms with Crippen molar-refractivity contribution in [1.29, 1.82) is 0 Å². The van der Waals surface area contributed by atoms with Gasteiger partial charge in [0.25, 0.3) is 0 Å². The van der Waals surface area contributed by atoms with E-state index in [0.717, 1.165) is 34.5 Å². The van der Waals surface area contributed by atoms with Crippen LogP contribution in [0.2, 0.25) is 5.02 Å². The fourth-order valence-electron chi connectivity index (χ4n) is 2.12. The summed E-state index contributed by atoms with van der Waals surface area (Å²) in [4.78, 5) is 0. The fourth-order valence-corrected chi connectivity index (χ4v) is 3.11. The Hall–Kier alpha value is -2.25. The number of ether oxygens (including phenoxy) is 2. The molecule has 1 heterocycles. The summed E-state index contributed by atoms with van der Waals surface area (Å²) in [6.07, 6.45) is 0.874. The molecule has 6 nitrogen and oxygen atoms in total. The molecule has 2 aromatic carbocycles. The summed E-state index contributed by atoms with van der Waals surface area (Å²) in [5.74, 6) is 2.49. The van der Waals surface area contributed by atoms with Gasteiger partial charge in [-0.3, -0.25) is 0 Å². The molecule has 0 unspecified atom stereocenters. The van der Waals surface area contributed by atoms with Crippen molar-refractivity contribution in [3.8, 4) is 17.2 Å². The Morgan fingerprint density at radius 2 is 1.92 bits per heavy atom. The molecule has 0 saturated carbocycles. The lowest BCUT2D eigenvalue weighted by atomic mass is 10.3. The molecule has 0 saturated heterocycles. The molecule has 0 bridgehead atoms. The molecule has 0 atom stereocenters. The summed E-state index contributed by atoms with van der Waals surface area (Å²) < 4.78 is 12.5. The van der Waals surface area contributed by atoms with Crippen molar-refractivity contribution in [2.24, 2.45) is 0 Å². The first-order chi connectivity index (χ1) is 12.3. The smallest absolute Gasteiger partial charge is 0.214 e. The lowest BCUT2D eigenvalue weighted by molar-refractivity contribution is 0.318. The van der Waals surface area contributed by atoms with Crippen molar-refractivity contribution in [3.63, 3.8) is 0 Å². The first-order valence-electron chi connectivity index (χ1n) is 7.70. The van der Waals surface area contributed by atoms with E-state index in [2.05, 4.69) is 15.5 Å². The highest BCUT2D eigenvalue weighted by Crippen LogP contribution is 2.21. The van der Waals surface area contributed by atoms with Crippen LogP contribution < -0.4 is 9.47 Å². The summed E-state index contributed by atoms with van der Waals surface area (Å²) in [5.41, 5.74) is 0.842. The second kappa shape index (κ2) is 8.73. The van der Waals surface area contributed by atoms with Crippen molar-refractivity contribution < 1.29 is 9.47 Å². The average Bonchev–Trinajstić information content (AvgIpc) is 3.10. The van der Waals surface area contributed by atoms with Gasteiger partial charge in [0, 0.05) is 10.8 Å². The first-order valence-corrected chi connectivity index (χ1v) is 9.06. The number of halogens is 1. The van der Waals surface area contributed by atoms with Crippen molar-refractivity contribution in [2.75, 3.05) is 19.5 Å². The van der Waals surface area contributed by atoms with Gasteiger partial charge >= 0.3 is 0 Å². The van der Waals surface area contributed by atoms with Gasteiger partial charge in [0.05, 0.1) is 19.4 Å². The number of methoxy groups -OCH3 is 1. The van der Waals surface area contributed by atoms with Gasteiger partial charge in [0.15, 0.2) is 0 Å². The van der Waals surface area contributed by atoms with Crippen molar-refractivity contribution in [2.45, 2.75) is 11.6 Å². The molecule has 3 rings (SSSR count). The quantitative estimate of drug-likeness (QED) is 0.439. The lowest BCUT2D eigenvalue weighted by Gasteiger charge is -2.07. The third-order valence-electron chi connectivity index (χ3n) is 3.34. The van der Waals surface area contributed by atoms with Crippen LogP contribution in [-0.4, -0.2) is 39.7 Å². The van der Waals surface area contributed by atoms with Crippen molar-refractivity contribution >= 4 is 23.4 Å². The predicted molar refractivity (Wildman–Crippen MR) is 98.0 cm³/mol. The van der Waals surface area contributed by atoms with Gasteiger partial charge in [0.2, 0.25) is 5.16 Å². The Kier molecular flexibility index (Phi) is 6.14. The lowest BCUT2D eigenvalue weighted by Crippen LogP contribution is -2.01. The Labute approximate surface area is 155 Å². The van der Waals surface area contributed by atoms with Gasteiger partial charge in [-0.15, -0.1) is 5.10 Å². The molecular weight excluding hydrogens is 360 g/mol. The SMILES string of the molecule is COc1ccc(OCCCSc2nnnn2-c2cccc(Cl)c2)cc1. The number of aromatic nitrogens is 4. The molecule has 0 aliphatic carbocycles. The highest BCUT2D eigenvalue weighted by atomic mass is 35.5. The Bertz CT molecular complexity index is 810. The van der Waals surface area contributed by atoms with E-state index in [-0.39, 0.29) is 0 Å². The Balaban J connectivity index is 1.47. The maximum absolute atomic E-state index is 6.02. The third kappa shape index (κ3) is 4.87. The number of benzene rings is 2. The fraction of sp³-hybridized carbons (Fsp3) is 0.235. The second-order valence-electron chi connectivity index (χ2n) is 5.08. The number of hydrogen-bond donors (Lipinski definition) is 0.